The Kier molecular flexibility index (Phi) is 4.97. The summed E-state index contributed by atoms with van der Waals surface area (Å²) in [5.41, 5.74) is -0.191. The molecule has 2 rings (SSSR count). The van der Waals surface area contributed by atoms with Gasteiger partial charge in [-0.05, 0) is 51.3 Å². The van der Waals surface area contributed by atoms with E-state index in [4.69, 9.17) is 16.3 Å². The van der Waals surface area contributed by atoms with Gasteiger partial charge in [0, 0.05) is 6.54 Å². The van der Waals surface area contributed by atoms with Crippen LogP contribution < -0.4 is 0 Å². The van der Waals surface area contributed by atoms with Crippen LogP contribution in [0.2, 0.25) is 5.02 Å². The van der Waals surface area contributed by atoms with E-state index in [0.717, 1.165) is 6.42 Å². The second-order valence-corrected chi connectivity index (χ2v) is 6.91. The van der Waals surface area contributed by atoms with Crippen LogP contribution >= 0.6 is 11.6 Å². The molecule has 0 spiro atoms. The second kappa shape index (κ2) is 6.42. The van der Waals surface area contributed by atoms with E-state index in [9.17, 15) is 14.3 Å². The van der Waals surface area contributed by atoms with Crippen LogP contribution in [0, 0.1) is 5.82 Å². The maximum atomic E-state index is 13.6. The summed E-state index contributed by atoms with van der Waals surface area (Å²) in [5.74, 6) is -0.583. The number of aliphatic hydroxyl groups is 1. The normalized spacial score (nSPS) is 20.1. The van der Waals surface area contributed by atoms with Crippen LogP contribution in [-0.2, 0) is 4.74 Å². The molecular formula is C16H21ClFNO3. The highest BCUT2D eigenvalue weighted by molar-refractivity contribution is 6.30. The summed E-state index contributed by atoms with van der Waals surface area (Å²) in [5, 5.41) is 10.5. The number of carbonyl (C=O) groups is 1. The average Bonchev–Trinajstić information content (AvgIpc) is 2.88. The summed E-state index contributed by atoms with van der Waals surface area (Å²) >= 11 is 5.66. The van der Waals surface area contributed by atoms with Crippen molar-refractivity contribution in [2.45, 2.75) is 51.4 Å². The molecule has 1 aromatic carbocycles. The Morgan fingerprint density at radius 3 is 2.77 bits per heavy atom. The van der Waals surface area contributed by atoms with Crippen molar-refractivity contribution >= 4 is 17.7 Å². The largest absolute Gasteiger partial charge is 0.444 e. The van der Waals surface area contributed by atoms with E-state index in [1.54, 1.807) is 26.8 Å². The highest BCUT2D eigenvalue weighted by atomic mass is 35.5. The van der Waals surface area contributed by atoms with Crippen molar-refractivity contribution < 1.29 is 19.0 Å². The van der Waals surface area contributed by atoms with Gasteiger partial charge in [-0.2, -0.15) is 0 Å². The summed E-state index contributed by atoms with van der Waals surface area (Å²) in [6.45, 7) is 5.90. The topological polar surface area (TPSA) is 49.8 Å². The lowest BCUT2D eigenvalue weighted by atomic mass is 10.0. The first-order valence-corrected chi connectivity index (χ1v) is 7.69. The first-order valence-electron chi connectivity index (χ1n) is 7.31. The van der Waals surface area contributed by atoms with Crippen molar-refractivity contribution in [2.75, 3.05) is 6.54 Å². The highest BCUT2D eigenvalue weighted by Crippen LogP contribution is 2.31. The van der Waals surface area contributed by atoms with Crippen LogP contribution in [0.1, 0.15) is 45.3 Å². The molecule has 0 aromatic heterocycles. The minimum atomic E-state index is -0.971. The Labute approximate surface area is 134 Å². The smallest absolute Gasteiger partial charge is 0.410 e. The summed E-state index contributed by atoms with van der Waals surface area (Å²) in [4.78, 5) is 13.7. The first-order chi connectivity index (χ1) is 10.2. The number of ether oxygens (including phenoxy) is 1. The second-order valence-electron chi connectivity index (χ2n) is 6.50. The fourth-order valence-corrected chi connectivity index (χ4v) is 2.70. The van der Waals surface area contributed by atoms with Gasteiger partial charge in [-0.15, -0.1) is 0 Å². The molecule has 1 unspecified atom stereocenters. The number of likely N-dealkylation sites (tertiary alicyclic amines) is 1. The molecule has 1 fully saturated rings. The van der Waals surface area contributed by atoms with Crippen molar-refractivity contribution in [3.05, 3.63) is 34.6 Å². The molecule has 4 nitrogen and oxygen atoms in total. The molecule has 1 aromatic rings. The van der Waals surface area contributed by atoms with E-state index in [-0.39, 0.29) is 5.02 Å². The number of hydrogen-bond acceptors (Lipinski definition) is 3. The number of halogens is 2. The molecule has 0 aliphatic carbocycles. The SMILES string of the molecule is CC(C)(C)OC(=O)N1CCCC1[C@H](O)c1ccc(Cl)c(F)c1. The summed E-state index contributed by atoms with van der Waals surface area (Å²) in [7, 11) is 0. The molecule has 1 amide bonds. The number of aliphatic hydroxyl groups excluding tert-OH is 1. The Morgan fingerprint density at radius 1 is 1.50 bits per heavy atom. The van der Waals surface area contributed by atoms with E-state index < -0.39 is 29.7 Å². The number of rotatable bonds is 2. The van der Waals surface area contributed by atoms with Crippen molar-refractivity contribution in [1.29, 1.82) is 0 Å². The van der Waals surface area contributed by atoms with Crippen LogP contribution in [0.4, 0.5) is 9.18 Å². The lowest BCUT2D eigenvalue weighted by molar-refractivity contribution is 0.00487. The van der Waals surface area contributed by atoms with Gasteiger partial charge < -0.3 is 14.7 Å². The van der Waals surface area contributed by atoms with Crippen LogP contribution in [0.15, 0.2) is 18.2 Å². The van der Waals surface area contributed by atoms with E-state index in [1.807, 2.05) is 0 Å². The maximum absolute atomic E-state index is 13.6. The average molecular weight is 330 g/mol. The van der Waals surface area contributed by atoms with E-state index >= 15 is 0 Å². The van der Waals surface area contributed by atoms with Gasteiger partial charge in [0.15, 0.2) is 0 Å². The van der Waals surface area contributed by atoms with Gasteiger partial charge in [0.25, 0.3) is 0 Å². The standard InChI is InChI=1S/C16H21ClFNO3/c1-16(2,3)22-15(21)19-8-4-5-13(19)14(20)10-6-7-11(17)12(18)9-10/h6-7,9,13-14,20H,4-5,8H2,1-3H3/t13?,14-/m1/s1. The van der Waals surface area contributed by atoms with Gasteiger partial charge in [0.05, 0.1) is 17.2 Å². The van der Waals surface area contributed by atoms with E-state index in [2.05, 4.69) is 0 Å². The van der Waals surface area contributed by atoms with Gasteiger partial charge in [-0.25, -0.2) is 9.18 Å². The molecule has 1 aliphatic rings. The minimum absolute atomic E-state index is 0.00590. The molecule has 1 heterocycles. The predicted octanol–water partition coefficient (Wildman–Crippen LogP) is 3.91. The van der Waals surface area contributed by atoms with Crippen LogP contribution in [0.25, 0.3) is 0 Å². The monoisotopic (exact) mass is 329 g/mol. The Morgan fingerprint density at radius 2 is 2.18 bits per heavy atom. The van der Waals surface area contributed by atoms with Crippen molar-refractivity contribution in [3.8, 4) is 0 Å². The summed E-state index contributed by atoms with van der Waals surface area (Å²) in [6.07, 6.45) is -0.00733. The third-order valence-corrected chi connectivity index (χ3v) is 3.88. The number of amides is 1. The van der Waals surface area contributed by atoms with E-state index in [1.165, 1.54) is 17.0 Å². The molecule has 1 saturated heterocycles. The number of hydrogen-bond donors (Lipinski definition) is 1. The summed E-state index contributed by atoms with van der Waals surface area (Å²) in [6, 6.07) is 3.76. The van der Waals surface area contributed by atoms with Crippen LogP contribution in [0.5, 0.6) is 0 Å². The molecule has 22 heavy (non-hydrogen) atoms. The molecular weight excluding hydrogens is 309 g/mol. The van der Waals surface area contributed by atoms with Crippen molar-refractivity contribution in [2.24, 2.45) is 0 Å². The Hall–Kier alpha value is -1.33. The molecule has 2 atom stereocenters. The number of benzene rings is 1. The van der Waals surface area contributed by atoms with Gasteiger partial charge in [0.2, 0.25) is 0 Å². The highest BCUT2D eigenvalue weighted by Gasteiger charge is 2.37. The van der Waals surface area contributed by atoms with Crippen LogP contribution in [-0.4, -0.2) is 34.3 Å². The lowest BCUT2D eigenvalue weighted by Crippen LogP contribution is -2.42. The number of carbonyl (C=O) groups excluding carboxylic acids is 1. The van der Waals surface area contributed by atoms with Gasteiger partial charge >= 0.3 is 6.09 Å². The van der Waals surface area contributed by atoms with Gasteiger partial charge in [0.1, 0.15) is 11.4 Å². The first kappa shape index (κ1) is 17.0. The third kappa shape index (κ3) is 3.90. The van der Waals surface area contributed by atoms with Gasteiger partial charge in [-0.1, -0.05) is 17.7 Å². The molecule has 0 radical (unpaired) electrons. The molecule has 6 heteroatoms. The quantitative estimate of drug-likeness (QED) is 0.895. The van der Waals surface area contributed by atoms with E-state index in [0.29, 0.717) is 18.5 Å². The zero-order chi connectivity index (χ0) is 16.5. The third-order valence-electron chi connectivity index (χ3n) is 3.58. The van der Waals surface area contributed by atoms with Crippen molar-refractivity contribution in [3.63, 3.8) is 0 Å². The molecule has 122 valence electrons. The van der Waals surface area contributed by atoms with Gasteiger partial charge in [-0.3, -0.25) is 0 Å². The fraction of sp³-hybridized carbons (Fsp3) is 0.562. The zero-order valence-corrected chi connectivity index (χ0v) is 13.7. The Bertz CT molecular complexity index is 559. The van der Waals surface area contributed by atoms with Crippen molar-refractivity contribution in [1.82, 2.24) is 4.90 Å². The summed E-state index contributed by atoms with van der Waals surface area (Å²) < 4.78 is 18.9. The lowest BCUT2D eigenvalue weighted by Gasteiger charge is -2.31. The zero-order valence-electron chi connectivity index (χ0n) is 13.0. The molecule has 0 saturated carbocycles. The molecule has 1 N–H and O–H groups in total. The van der Waals surface area contributed by atoms with Crippen LogP contribution in [0.3, 0.4) is 0 Å². The molecule has 1 aliphatic heterocycles. The fourth-order valence-electron chi connectivity index (χ4n) is 2.59. The Balaban J connectivity index is 2.15. The maximum Gasteiger partial charge on any atom is 0.410 e. The number of nitrogens with zero attached hydrogens (tertiary/aromatic N) is 1. The minimum Gasteiger partial charge on any atom is -0.444 e. The molecule has 0 bridgehead atoms. The predicted molar refractivity (Wildman–Crippen MR) is 82.3 cm³/mol.